The highest BCUT2D eigenvalue weighted by Gasteiger charge is 2.20. The summed E-state index contributed by atoms with van der Waals surface area (Å²) in [5, 5.41) is 0. The second-order valence-corrected chi connectivity index (χ2v) is 7.28. The number of benzene rings is 2. The third-order valence-electron chi connectivity index (χ3n) is 5.29. The molecule has 0 atom stereocenters. The first-order valence-electron chi connectivity index (χ1n) is 10.0. The van der Waals surface area contributed by atoms with Gasteiger partial charge in [0, 0.05) is 49.7 Å². The van der Waals surface area contributed by atoms with Crippen LogP contribution in [0.5, 0.6) is 5.75 Å². The van der Waals surface area contributed by atoms with E-state index in [-0.39, 0.29) is 11.7 Å². The van der Waals surface area contributed by atoms with Crippen LogP contribution in [0.4, 0.5) is 15.8 Å². The van der Waals surface area contributed by atoms with Crippen LogP contribution in [0.3, 0.4) is 0 Å². The fourth-order valence-corrected chi connectivity index (χ4v) is 3.59. The molecule has 6 nitrogen and oxygen atoms in total. The number of nitrogens with two attached hydrogens (primary N) is 1. The lowest BCUT2D eigenvalue weighted by Crippen LogP contribution is -2.48. The van der Waals surface area contributed by atoms with Crippen molar-refractivity contribution in [3.05, 3.63) is 72.3 Å². The van der Waals surface area contributed by atoms with Gasteiger partial charge in [0.25, 0.3) is 0 Å². The number of amides is 1. The lowest BCUT2D eigenvalue weighted by atomic mass is 10.1. The molecule has 7 heteroatoms. The van der Waals surface area contributed by atoms with Gasteiger partial charge in [-0.2, -0.15) is 0 Å². The maximum absolute atomic E-state index is 13.1. The molecule has 2 heterocycles. The first kappa shape index (κ1) is 20.5. The Morgan fingerprint density at radius 2 is 1.81 bits per heavy atom. The molecule has 2 aromatic carbocycles. The smallest absolute Gasteiger partial charge is 0.246 e. The molecule has 3 aromatic rings. The molecule has 1 saturated heterocycles. The van der Waals surface area contributed by atoms with E-state index in [0.717, 1.165) is 11.3 Å². The number of nitrogens with zero attached hydrogens (tertiary/aromatic N) is 2. The molecule has 0 bridgehead atoms. The average Bonchev–Trinajstić information content (AvgIpc) is 3.27. The number of rotatable bonds is 5. The third kappa shape index (κ3) is 4.71. The molecule has 0 radical (unpaired) electrons. The summed E-state index contributed by atoms with van der Waals surface area (Å²) < 4.78 is 24.3. The number of halogens is 1. The molecule has 1 fully saturated rings. The van der Waals surface area contributed by atoms with Crippen molar-refractivity contribution in [2.45, 2.75) is 0 Å². The van der Waals surface area contributed by atoms with E-state index in [0.29, 0.717) is 49.1 Å². The number of nitrogen functional groups attached to an aromatic ring is 1. The number of ether oxygens (including phenoxy) is 1. The van der Waals surface area contributed by atoms with Crippen molar-refractivity contribution in [1.29, 1.82) is 0 Å². The van der Waals surface area contributed by atoms with E-state index < -0.39 is 0 Å². The SMILES string of the molecule is COc1cc(N)ccc1-c1ccc(/C=C/C(=O)N2CCN(c3ccc(F)cc3)CC2)o1. The van der Waals surface area contributed by atoms with E-state index >= 15 is 0 Å². The number of carbonyl (C=O) groups excluding carboxylic acids is 1. The van der Waals surface area contributed by atoms with Gasteiger partial charge in [-0.05, 0) is 54.6 Å². The Bertz CT molecular complexity index is 1080. The van der Waals surface area contributed by atoms with Crippen molar-refractivity contribution in [3.8, 4) is 17.1 Å². The van der Waals surface area contributed by atoms with Gasteiger partial charge in [-0.3, -0.25) is 4.79 Å². The first-order chi connectivity index (χ1) is 15.0. The molecular formula is C24H24FN3O3. The summed E-state index contributed by atoms with van der Waals surface area (Å²) in [6.07, 6.45) is 3.19. The summed E-state index contributed by atoms with van der Waals surface area (Å²) in [5.41, 5.74) is 8.17. The van der Waals surface area contributed by atoms with Crippen LogP contribution in [-0.2, 0) is 4.79 Å². The molecule has 4 rings (SSSR count). The second-order valence-electron chi connectivity index (χ2n) is 7.28. The summed E-state index contributed by atoms with van der Waals surface area (Å²) in [7, 11) is 1.58. The monoisotopic (exact) mass is 421 g/mol. The van der Waals surface area contributed by atoms with Crippen molar-refractivity contribution in [2.24, 2.45) is 0 Å². The first-order valence-corrected chi connectivity index (χ1v) is 10.0. The zero-order valence-corrected chi connectivity index (χ0v) is 17.3. The number of carbonyl (C=O) groups is 1. The number of anilines is 2. The zero-order valence-electron chi connectivity index (χ0n) is 17.3. The maximum Gasteiger partial charge on any atom is 0.246 e. The van der Waals surface area contributed by atoms with Crippen molar-refractivity contribution in [1.82, 2.24) is 4.90 Å². The van der Waals surface area contributed by atoms with E-state index in [1.807, 2.05) is 12.1 Å². The zero-order chi connectivity index (χ0) is 21.8. The molecule has 1 aliphatic heterocycles. The minimum atomic E-state index is -0.251. The molecule has 31 heavy (non-hydrogen) atoms. The van der Waals surface area contributed by atoms with Crippen LogP contribution in [0.1, 0.15) is 5.76 Å². The molecule has 0 saturated carbocycles. The van der Waals surface area contributed by atoms with E-state index in [1.54, 1.807) is 48.4 Å². The third-order valence-corrected chi connectivity index (χ3v) is 5.29. The van der Waals surface area contributed by atoms with Crippen LogP contribution in [-0.4, -0.2) is 44.1 Å². The fourth-order valence-electron chi connectivity index (χ4n) is 3.59. The average molecular weight is 421 g/mol. The van der Waals surface area contributed by atoms with Crippen LogP contribution in [0.15, 0.2) is 65.1 Å². The molecule has 0 aliphatic carbocycles. The number of hydrogen-bond donors (Lipinski definition) is 1. The standard InChI is InChI=1S/C24H24FN3O3/c1-30-23-16-18(26)4-9-21(23)22-10-7-20(31-22)8-11-24(29)28-14-12-27(13-15-28)19-5-2-17(25)3-6-19/h2-11,16H,12-15,26H2,1H3/b11-8+. The van der Waals surface area contributed by atoms with Gasteiger partial charge in [0.15, 0.2) is 0 Å². The molecule has 0 unspecified atom stereocenters. The lowest BCUT2D eigenvalue weighted by Gasteiger charge is -2.35. The lowest BCUT2D eigenvalue weighted by molar-refractivity contribution is -0.126. The van der Waals surface area contributed by atoms with Crippen molar-refractivity contribution in [3.63, 3.8) is 0 Å². The molecule has 1 aliphatic rings. The Kier molecular flexibility index (Phi) is 5.93. The predicted molar refractivity (Wildman–Crippen MR) is 119 cm³/mol. The van der Waals surface area contributed by atoms with Gasteiger partial charge in [-0.25, -0.2) is 4.39 Å². The van der Waals surface area contributed by atoms with Gasteiger partial charge in [0.05, 0.1) is 12.7 Å². The molecule has 2 N–H and O–H groups in total. The molecule has 1 amide bonds. The summed E-state index contributed by atoms with van der Waals surface area (Å²) in [5.74, 6) is 1.52. The Labute approximate surface area is 180 Å². The fraction of sp³-hybridized carbons (Fsp3) is 0.208. The molecule has 0 spiro atoms. The second kappa shape index (κ2) is 8.95. The summed E-state index contributed by atoms with van der Waals surface area (Å²) in [6.45, 7) is 2.61. The highest BCUT2D eigenvalue weighted by Crippen LogP contribution is 2.33. The van der Waals surface area contributed by atoms with Crippen LogP contribution in [0, 0.1) is 5.82 Å². The number of furan rings is 1. The normalized spacial score (nSPS) is 14.3. The van der Waals surface area contributed by atoms with Crippen molar-refractivity contribution in [2.75, 3.05) is 43.9 Å². The number of hydrogen-bond acceptors (Lipinski definition) is 5. The van der Waals surface area contributed by atoms with E-state index in [4.69, 9.17) is 14.9 Å². The quantitative estimate of drug-likeness (QED) is 0.497. The predicted octanol–water partition coefficient (Wildman–Crippen LogP) is 4.04. The van der Waals surface area contributed by atoms with Gasteiger partial charge in [-0.15, -0.1) is 0 Å². The van der Waals surface area contributed by atoms with Crippen LogP contribution in [0.25, 0.3) is 17.4 Å². The van der Waals surface area contributed by atoms with Crippen LogP contribution < -0.4 is 15.4 Å². The largest absolute Gasteiger partial charge is 0.496 e. The van der Waals surface area contributed by atoms with E-state index in [9.17, 15) is 9.18 Å². The van der Waals surface area contributed by atoms with Gasteiger partial charge in [0.2, 0.25) is 5.91 Å². The topological polar surface area (TPSA) is 71.9 Å². The minimum Gasteiger partial charge on any atom is -0.496 e. The van der Waals surface area contributed by atoms with Gasteiger partial charge < -0.3 is 24.7 Å². The van der Waals surface area contributed by atoms with Crippen molar-refractivity contribution >= 4 is 23.4 Å². The highest BCUT2D eigenvalue weighted by molar-refractivity contribution is 5.91. The Morgan fingerprint density at radius 1 is 1.06 bits per heavy atom. The minimum absolute atomic E-state index is 0.0678. The van der Waals surface area contributed by atoms with E-state index in [2.05, 4.69) is 4.90 Å². The van der Waals surface area contributed by atoms with Crippen molar-refractivity contribution < 1.29 is 18.3 Å². The van der Waals surface area contributed by atoms with Crippen LogP contribution in [0.2, 0.25) is 0 Å². The number of piperazine rings is 1. The van der Waals surface area contributed by atoms with E-state index in [1.165, 1.54) is 18.2 Å². The number of methoxy groups -OCH3 is 1. The van der Waals surface area contributed by atoms with Crippen LogP contribution >= 0.6 is 0 Å². The summed E-state index contributed by atoms with van der Waals surface area (Å²) >= 11 is 0. The molecule has 160 valence electrons. The Hall–Kier alpha value is -3.74. The molecule has 1 aromatic heterocycles. The Morgan fingerprint density at radius 3 is 2.52 bits per heavy atom. The molecular weight excluding hydrogens is 397 g/mol. The maximum atomic E-state index is 13.1. The Balaban J connectivity index is 1.36. The summed E-state index contributed by atoms with van der Waals surface area (Å²) in [4.78, 5) is 16.5. The highest BCUT2D eigenvalue weighted by atomic mass is 19.1. The van der Waals surface area contributed by atoms with Gasteiger partial charge >= 0.3 is 0 Å². The van der Waals surface area contributed by atoms with Gasteiger partial charge in [0.1, 0.15) is 23.1 Å². The van der Waals surface area contributed by atoms with Gasteiger partial charge in [-0.1, -0.05) is 0 Å². The summed E-state index contributed by atoms with van der Waals surface area (Å²) in [6, 6.07) is 15.4.